The van der Waals surface area contributed by atoms with Gasteiger partial charge in [-0.2, -0.15) is 0 Å². The first-order valence-corrected chi connectivity index (χ1v) is 3.88. The summed E-state index contributed by atoms with van der Waals surface area (Å²) in [6.07, 6.45) is 4.87. The van der Waals surface area contributed by atoms with Crippen molar-refractivity contribution in [1.29, 1.82) is 0 Å². The fourth-order valence-electron chi connectivity index (χ4n) is 1.18. The molecule has 10 heavy (non-hydrogen) atoms. The molecule has 1 rings (SSSR count). The van der Waals surface area contributed by atoms with Crippen LogP contribution in [0.1, 0.15) is 33.1 Å². The number of hydrogen-bond acceptors (Lipinski definition) is 1. The summed E-state index contributed by atoms with van der Waals surface area (Å²) in [5.74, 6) is 0.686. The molecule has 0 fully saturated rings. The Kier molecular flexibility index (Phi) is 2.25. The summed E-state index contributed by atoms with van der Waals surface area (Å²) < 4.78 is 0. The Hall–Kier alpha value is -0.590. The molecular weight excluding hydrogens is 124 g/mol. The van der Waals surface area contributed by atoms with E-state index in [2.05, 4.69) is 13.0 Å². The van der Waals surface area contributed by atoms with Gasteiger partial charge in [-0.25, -0.2) is 0 Å². The van der Waals surface area contributed by atoms with Crippen LogP contribution in [-0.4, -0.2) is 5.78 Å². The van der Waals surface area contributed by atoms with Crippen LogP contribution in [0.2, 0.25) is 0 Å². The van der Waals surface area contributed by atoms with Crippen molar-refractivity contribution < 1.29 is 4.79 Å². The van der Waals surface area contributed by atoms with E-state index in [0.717, 1.165) is 19.3 Å². The van der Waals surface area contributed by atoms with Crippen molar-refractivity contribution in [3.05, 3.63) is 11.6 Å². The molecule has 0 heterocycles. The second kappa shape index (κ2) is 3.00. The van der Waals surface area contributed by atoms with Gasteiger partial charge in [-0.1, -0.05) is 18.6 Å². The maximum atomic E-state index is 11.1. The van der Waals surface area contributed by atoms with Crippen LogP contribution in [-0.2, 0) is 4.79 Å². The standard InChI is InChI=1S/C9H14O/c1-7-3-5-8(2)9(10)6-4-7/h3,8H,4-6H2,1-2H3. The van der Waals surface area contributed by atoms with E-state index in [-0.39, 0.29) is 5.92 Å². The van der Waals surface area contributed by atoms with Gasteiger partial charge in [-0.3, -0.25) is 4.79 Å². The molecule has 0 N–H and O–H groups in total. The highest BCUT2D eigenvalue weighted by Gasteiger charge is 2.14. The average Bonchev–Trinajstić information content (AvgIpc) is 2.04. The highest BCUT2D eigenvalue weighted by Crippen LogP contribution is 2.18. The van der Waals surface area contributed by atoms with E-state index >= 15 is 0 Å². The molecule has 0 aromatic carbocycles. The van der Waals surface area contributed by atoms with Crippen LogP contribution in [0.15, 0.2) is 11.6 Å². The molecule has 0 radical (unpaired) electrons. The van der Waals surface area contributed by atoms with Crippen LogP contribution in [0.3, 0.4) is 0 Å². The van der Waals surface area contributed by atoms with Gasteiger partial charge >= 0.3 is 0 Å². The number of carbonyl (C=O) groups is 1. The highest BCUT2D eigenvalue weighted by atomic mass is 16.1. The lowest BCUT2D eigenvalue weighted by atomic mass is 10.0. The van der Waals surface area contributed by atoms with Gasteiger partial charge in [0.15, 0.2) is 0 Å². The van der Waals surface area contributed by atoms with Crippen molar-refractivity contribution in [2.45, 2.75) is 33.1 Å². The smallest absolute Gasteiger partial charge is 0.136 e. The number of rotatable bonds is 0. The normalized spacial score (nSPS) is 27.6. The molecular formula is C9H14O. The highest BCUT2D eigenvalue weighted by molar-refractivity contribution is 5.81. The van der Waals surface area contributed by atoms with Crippen molar-refractivity contribution in [1.82, 2.24) is 0 Å². The molecule has 0 amide bonds. The number of Topliss-reactive ketones (excluding diaryl/α,β-unsaturated/α-hetero) is 1. The van der Waals surface area contributed by atoms with Gasteiger partial charge < -0.3 is 0 Å². The zero-order chi connectivity index (χ0) is 7.56. The molecule has 0 aliphatic heterocycles. The second-order valence-corrected chi connectivity index (χ2v) is 3.15. The fourth-order valence-corrected chi connectivity index (χ4v) is 1.18. The quantitative estimate of drug-likeness (QED) is 0.469. The lowest BCUT2D eigenvalue weighted by molar-refractivity contribution is -0.122. The Morgan fingerprint density at radius 2 is 2.20 bits per heavy atom. The number of ketones is 1. The molecule has 1 atom stereocenters. The summed E-state index contributed by atoms with van der Waals surface area (Å²) in [6.45, 7) is 4.11. The lowest BCUT2D eigenvalue weighted by Crippen LogP contribution is -2.07. The summed E-state index contributed by atoms with van der Waals surface area (Å²) in [4.78, 5) is 11.1. The van der Waals surface area contributed by atoms with Crippen LogP contribution < -0.4 is 0 Å². The van der Waals surface area contributed by atoms with Crippen molar-refractivity contribution in [2.24, 2.45) is 5.92 Å². The third kappa shape index (κ3) is 1.69. The maximum Gasteiger partial charge on any atom is 0.136 e. The molecule has 1 aliphatic rings. The molecule has 0 saturated heterocycles. The topological polar surface area (TPSA) is 17.1 Å². The molecule has 1 nitrogen and oxygen atoms in total. The number of allylic oxidation sites excluding steroid dienone is 2. The van der Waals surface area contributed by atoms with Crippen LogP contribution in [0.5, 0.6) is 0 Å². The van der Waals surface area contributed by atoms with E-state index in [1.54, 1.807) is 0 Å². The minimum absolute atomic E-state index is 0.262. The summed E-state index contributed by atoms with van der Waals surface area (Å²) >= 11 is 0. The predicted octanol–water partition coefficient (Wildman–Crippen LogP) is 2.32. The first-order chi connectivity index (χ1) is 4.70. The zero-order valence-electron chi connectivity index (χ0n) is 6.68. The Morgan fingerprint density at radius 1 is 1.50 bits per heavy atom. The first-order valence-electron chi connectivity index (χ1n) is 3.88. The summed E-state index contributed by atoms with van der Waals surface area (Å²) in [5, 5.41) is 0. The second-order valence-electron chi connectivity index (χ2n) is 3.15. The Labute approximate surface area is 62.1 Å². The zero-order valence-corrected chi connectivity index (χ0v) is 6.68. The van der Waals surface area contributed by atoms with Crippen LogP contribution in [0.25, 0.3) is 0 Å². The van der Waals surface area contributed by atoms with Crippen molar-refractivity contribution in [3.63, 3.8) is 0 Å². The summed E-state index contributed by atoms with van der Waals surface area (Å²) in [6, 6.07) is 0. The average molecular weight is 138 g/mol. The van der Waals surface area contributed by atoms with Crippen molar-refractivity contribution >= 4 is 5.78 Å². The van der Waals surface area contributed by atoms with Crippen LogP contribution in [0.4, 0.5) is 0 Å². The monoisotopic (exact) mass is 138 g/mol. The van der Waals surface area contributed by atoms with Crippen molar-refractivity contribution in [2.75, 3.05) is 0 Å². The summed E-state index contributed by atoms with van der Waals surface area (Å²) in [7, 11) is 0. The van der Waals surface area contributed by atoms with E-state index in [9.17, 15) is 4.79 Å². The molecule has 1 aliphatic carbocycles. The molecule has 0 aromatic heterocycles. The largest absolute Gasteiger partial charge is 0.299 e. The Bertz CT molecular complexity index is 168. The summed E-state index contributed by atoms with van der Waals surface area (Å²) in [5.41, 5.74) is 1.37. The van der Waals surface area contributed by atoms with Gasteiger partial charge in [0, 0.05) is 12.3 Å². The number of carbonyl (C=O) groups excluding carboxylic acids is 1. The molecule has 0 bridgehead atoms. The minimum Gasteiger partial charge on any atom is -0.299 e. The van der Waals surface area contributed by atoms with Crippen LogP contribution in [0, 0.1) is 5.92 Å². The molecule has 1 heteroatoms. The van der Waals surface area contributed by atoms with Gasteiger partial charge in [0.05, 0.1) is 0 Å². The Balaban J connectivity index is 2.60. The fraction of sp³-hybridized carbons (Fsp3) is 0.667. The molecule has 0 spiro atoms. The van der Waals surface area contributed by atoms with Gasteiger partial charge in [0.1, 0.15) is 5.78 Å². The number of hydrogen-bond donors (Lipinski definition) is 0. The van der Waals surface area contributed by atoms with Gasteiger partial charge in [0.25, 0.3) is 0 Å². The SMILES string of the molecule is CC1=CCC(C)C(=O)CC1. The third-order valence-corrected chi connectivity index (χ3v) is 2.14. The predicted molar refractivity (Wildman–Crippen MR) is 41.8 cm³/mol. The van der Waals surface area contributed by atoms with E-state index in [0.29, 0.717) is 5.78 Å². The molecule has 0 aromatic rings. The molecule has 56 valence electrons. The van der Waals surface area contributed by atoms with Crippen LogP contribution >= 0.6 is 0 Å². The Morgan fingerprint density at radius 3 is 2.90 bits per heavy atom. The molecule has 1 unspecified atom stereocenters. The van der Waals surface area contributed by atoms with Crippen molar-refractivity contribution in [3.8, 4) is 0 Å². The van der Waals surface area contributed by atoms with E-state index in [1.165, 1.54) is 5.57 Å². The minimum atomic E-state index is 0.262. The molecule has 0 saturated carbocycles. The van der Waals surface area contributed by atoms with E-state index in [1.807, 2.05) is 6.92 Å². The van der Waals surface area contributed by atoms with E-state index in [4.69, 9.17) is 0 Å². The first kappa shape index (κ1) is 7.52. The lowest BCUT2D eigenvalue weighted by Gasteiger charge is -2.01. The van der Waals surface area contributed by atoms with E-state index < -0.39 is 0 Å². The van der Waals surface area contributed by atoms with Gasteiger partial charge in [0.2, 0.25) is 0 Å². The van der Waals surface area contributed by atoms with Gasteiger partial charge in [-0.05, 0) is 19.8 Å². The third-order valence-electron chi connectivity index (χ3n) is 2.14. The van der Waals surface area contributed by atoms with Gasteiger partial charge in [-0.15, -0.1) is 0 Å². The maximum absolute atomic E-state index is 11.1.